The van der Waals surface area contributed by atoms with Crippen LogP contribution in [-0.2, 0) is 22.4 Å². The molecule has 5 N–H and O–H groups in total. The van der Waals surface area contributed by atoms with Gasteiger partial charge in [0, 0.05) is 36.3 Å². The number of nitrogens with zero attached hydrogens (tertiary/aromatic N) is 2. The molecule has 1 aliphatic carbocycles. The van der Waals surface area contributed by atoms with Crippen molar-refractivity contribution >= 4 is 23.8 Å². The minimum Gasteiger partial charge on any atom is -0.481 e. The van der Waals surface area contributed by atoms with Crippen LogP contribution in [0.3, 0.4) is 0 Å². The Morgan fingerprint density at radius 2 is 1.83 bits per heavy atom. The number of carboxylic acids is 1. The standard InChI is InChI=1S/C35H41FN4O6/c1-21(2)33-30(13-11-26(41)19-27(42)20-31(43)44)32(22-6-8-24(36)9-7-22)29-5-3-4-23-18-25(10-12-28(23)34(29)38-33)37-35(45)39-40-14-16-46-17-15-40/h6-13,18,21,26-27,41-42H,3-5,14-17,19-20H2,1-2H3,(H,43,44)(H2,37,39,45)/t26-,27-/m1/s1. The normalized spacial score (nSPS) is 16.4. The third-order valence-electron chi connectivity index (χ3n) is 8.22. The number of hydrogen-bond donors (Lipinski definition) is 5. The SMILES string of the molecule is CC(C)c1nc2c(c(-c3ccc(F)cc3)c1C=C[C@@H](O)C[C@@H](O)CC(=O)O)CCCc1cc(NC(=O)NN3CCOCC3)ccc1-2. The second-order valence-electron chi connectivity index (χ2n) is 12.1. The van der Waals surface area contributed by atoms with E-state index in [9.17, 15) is 24.2 Å². The Balaban J connectivity index is 1.54. The van der Waals surface area contributed by atoms with E-state index in [4.69, 9.17) is 14.8 Å². The van der Waals surface area contributed by atoms with Crippen LogP contribution in [0.5, 0.6) is 0 Å². The van der Waals surface area contributed by atoms with Crippen LogP contribution < -0.4 is 10.7 Å². The molecule has 0 radical (unpaired) electrons. The number of nitrogens with one attached hydrogen (secondary N) is 2. The van der Waals surface area contributed by atoms with Crippen LogP contribution in [0.4, 0.5) is 14.9 Å². The van der Waals surface area contributed by atoms with Crippen LogP contribution in [0.1, 0.15) is 61.4 Å². The number of amides is 2. The fraction of sp³-hybridized carbons (Fsp3) is 0.400. The Kier molecular flexibility index (Phi) is 10.8. The van der Waals surface area contributed by atoms with Gasteiger partial charge in [0.05, 0.1) is 43.2 Å². The number of aryl methyl sites for hydroxylation is 1. The second kappa shape index (κ2) is 15.0. The van der Waals surface area contributed by atoms with Crippen LogP contribution in [0.25, 0.3) is 28.5 Å². The number of aliphatic carboxylic acids is 1. The Labute approximate surface area is 267 Å². The van der Waals surface area contributed by atoms with E-state index in [0.29, 0.717) is 38.4 Å². The summed E-state index contributed by atoms with van der Waals surface area (Å²) in [5, 5.41) is 34.5. The number of ether oxygens (including phenoxy) is 1. The monoisotopic (exact) mass is 632 g/mol. The number of benzene rings is 2. The minimum atomic E-state index is -1.19. The van der Waals surface area contributed by atoms with Crippen LogP contribution in [0, 0.1) is 5.82 Å². The van der Waals surface area contributed by atoms with Crippen molar-refractivity contribution in [3.63, 3.8) is 0 Å². The quantitative estimate of drug-likeness (QED) is 0.207. The molecule has 1 fully saturated rings. The summed E-state index contributed by atoms with van der Waals surface area (Å²) in [4.78, 5) is 28.9. The second-order valence-corrected chi connectivity index (χ2v) is 12.1. The molecule has 46 heavy (non-hydrogen) atoms. The van der Waals surface area contributed by atoms with Crippen molar-refractivity contribution in [2.75, 3.05) is 31.6 Å². The first-order valence-electron chi connectivity index (χ1n) is 15.7. The lowest BCUT2D eigenvalue weighted by atomic mass is 9.86. The summed E-state index contributed by atoms with van der Waals surface area (Å²) in [6.07, 6.45) is 2.75. The Bertz CT molecular complexity index is 1590. The number of aromatic nitrogens is 1. The molecule has 3 aromatic rings. The third kappa shape index (κ3) is 8.16. The summed E-state index contributed by atoms with van der Waals surface area (Å²) in [7, 11) is 0. The molecule has 0 saturated carbocycles. The number of halogens is 1. The first-order valence-corrected chi connectivity index (χ1v) is 15.7. The number of carbonyl (C=O) groups is 2. The summed E-state index contributed by atoms with van der Waals surface area (Å²) in [5.41, 5.74) is 10.7. The smallest absolute Gasteiger partial charge is 0.333 e. The zero-order chi connectivity index (χ0) is 32.8. The average Bonchev–Trinajstić information content (AvgIpc) is 3.18. The van der Waals surface area contributed by atoms with E-state index in [0.717, 1.165) is 57.6 Å². The van der Waals surface area contributed by atoms with Gasteiger partial charge in [0.1, 0.15) is 5.82 Å². The summed E-state index contributed by atoms with van der Waals surface area (Å²) in [5.74, 6) is -1.51. The first kappa shape index (κ1) is 33.2. The topological polar surface area (TPSA) is 144 Å². The molecule has 2 aromatic carbocycles. The molecule has 2 atom stereocenters. The average molecular weight is 633 g/mol. The van der Waals surface area contributed by atoms with Gasteiger partial charge in [-0.25, -0.2) is 14.2 Å². The predicted molar refractivity (Wildman–Crippen MR) is 174 cm³/mol. The number of pyridine rings is 1. The highest BCUT2D eigenvalue weighted by Gasteiger charge is 2.26. The van der Waals surface area contributed by atoms with Crippen molar-refractivity contribution < 1.29 is 34.0 Å². The van der Waals surface area contributed by atoms with Gasteiger partial charge in [0.2, 0.25) is 0 Å². The lowest BCUT2D eigenvalue weighted by Crippen LogP contribution is -2.49. The van der Waals surface area contributed by atoms with Crippen LogP contribution in [0.15, 0.2) is 48.5 Å². The number of aliphatic hydroxyl groups is 2. The number of carbonyl (C=O) groups excluding carboxylic acids is 1. The van der Waals surface area contributed by atoms with Gasteiger partial charge < -0.3 is 25.4 Å². The van der Waals surface area contributed by atoms with E-state index in [-0.39, 0.29) is 24.2 Å². The zero-order valence-electron chi connectivity index (χ0n) is 26.1. The van der Waals surface area contributed by atoms with Gasteiger partial charge in [-0.3, -0.25) is 15.2 Å². The van der Waals surface area contributed by atoms with E-state index in [1.807, 2.05) is 37.1 Å². The van der Waals surface area contributed by atoms with Crippen molar-refractivity contribution in [3.8, 4) is 22.4 Å². The highest BCUT2D eigenvalue weighted by Crippen LogP contribution is 2.42. The largest absolute Gasteiger partial charge is 0.481 e. The number of morpholine rings is 1. The molecule has 1 saturated heterocycles. The van der Waals surface area contributed by atoms with Crippen LogP contribution >= 0.6 is 0 Å². The summed E-state index contributed by atoms with van der Waals surface area (Å²) in [6, 6.07) is 11.9. The van der Waals surface area contributed by atoms with E-state index < -0.39 is 24.6 Å². The Morgan fingerprint density at radius 3 is 2.52 bits per heavy atom. The molecule has 2 aliphatic rings. The molecule has 0 bridgehead atoms. The van der Waals surface area contributed by atoms with Crippen molar-refractivity contribution in [2.45, 2.75) is 64.1 Å². The lowest BCUT2D eigenvalue weighted by Gasteiger charge is -2.27. The maximum Gasteiger partial charge on any atom is 0.333 e. The minimum absolute atomic E-state index is 0.0181. The van der Waals surface area contributed by atoms with Gasteiger partial charge in [-0.05, 0) is 71.7 Å². The number of urea groups is 1. The van der Waals surface area contributed by atoms with Gasteiger partial charge in [-0.1, -0.05) is 44.2 Å². The number of carboxylic acid groups (broad SMARTS) is 1. The summed E-state index contributed by atoms with van der Waals surface area (Å²) >= 11 is 0. The molecular formula is C35H41FN4O6. The van der Waals surface area contributed by atoms with E-state index in [1.165, 1.54) is 12.1 Å². The van der Waals surface area contributed by atoms with E-state index in [1.54, 1.807) is 24.3 Å². The molecule has 1 aliphatic heterocycles. The molecule has 2 heterocycles. The molecular weight excluding hydrogens is 591 g/mol. The number of hydrazine groups is 1. The van der Waals surface area contributed by atoms with Crippen molar-refractivity contribution in [1.29, 1.82) is 0 Å². The van der Waals surface area contributed by atoms with Gasteiger partial charge in [0.15, 0.2) is 0 Å². The zero-order valence-corrected chi connectivity index (χ0v) is 26.1. The maximum atomic E-state index is 14.1. The van der Waals surface area contributed by atoms with E-state index >= 15 is 0 Å². The van der Waals surface area contributed by atoms with Gasteiger partial charge in [-0.15, -0.1) is 0 Å². The van der Waals surface area contributed by atoms with Gasteiger partial charge in [-0.2, -0.15) is 0 Å². The number of rotatable bonds is 10. The third-order valence-corrected chi connectivity index (χ3v) is 8.22. The molecule has 11 heteroatoms. The van der Waals surface area contributed by atoms with Crippen LogP contribution in [-0.4, -0.2) is 75.8 Å². The Morgan fingerprint density at radius 1 is 1.09 bits per heavy atom. The molecule has 244 valence electrons. The van der Waals surface area contributed by atoms with Crippen LogP contribution in [0.2, 0.25) is 0 Å². The lowest BCUT2D eigenvalue weighted by molar-refractivity contribution is -0.139. The van der Waals surface area contributed by atoms with Gasteiger partial charge in [0.25, 0.3) is 0 Å². The summed E-state index contributed by atoms with van der Waals surface area (Å²) in [6.45, 7) is 6.45. The molecule has 5 rings (SSSR count). The van der Waals surface area contributed by atoms with E-state index in [2.05, 4.69) is 10.7 Å². The highest BCUT2D eigenvalue weighted by atomic mass is 19.1. The molecule has 0 unspecified atom stereocenters. The number of fused-ring (bicyclic) bond motifs is 3. The molecule has 10 nitrogen and oxygen atoms in total. The summed E-state index contributed by atoms with van der Waals surface area (Å²) < 4.78 is 19.4. The molecule has 1 aromatic heterocycles. The molecule has 0 spiro atoms. The van der Waals surface area contributed by atoms with Crippen molar-refractivity contribution in [2.24, 2.45) is 0 Å². The number of anilines is 1. The molecule has 2 amide bonds. The maximum absolute atomic E-state index is 14.1. The van der Waals surface area contributed by atoms with Gasteiger partial charge >= 0.3 is 12.0 Å². The fourth-order valence-corrected chi connectivity index (χ4v) is 6.07. The first-order chi connectivity index (χ1) is 22.1. The number of aliphatic hydroxyl groups excluding tert-OH is 2. The number of hydrogen-bond acceptors (Lipinski definition) is 7. The Hall–Kier alpha value is -4.16. The highest BCUT2D eigenvalue weighted by molar-refractivity contribution is 5.90. The fourth-order valence-electron chi connectivity index (χ4n) is 6.07. The predicted octanol–water partition coefficient (Wildman–Crippen LogP) is 5.14. The van der Waals surface area contributed by atoms with Crippen molar-refractivity contribution in [1.82, 2.24) is 15.4 Å². The van der Waals surface area contributed by atoms with Crippen molar-refractivity contribution in [3.05, 3.63) is 76.7 Å².